The van der Waals surface area contributed by atoms with Gasteiger partial charge < -0.3 is 5.32 Å². The molecule has 0 amide bonds. The highest BCUT2D eigenvalue weighted by Crippen LogP contribution is 2.24. The fraction of sp³-hybridized carbons (Fsp3) is 0.600. The van der Waals surface area contributed by atoms with Gasteiger partial charge in [0.05, 0.1) is 5.69 Å². The van der Waals surface area contributed by atoms with Crippen LogP contribution in [0.25, 0.3) is 5.52 Å². The monoisotopic (exact) mass is 260 g/mol. The van der Waals surface area contributed by atoms with Crippen molar-refractivity contribution in [2.45, 2.75) is 52.4 Å². The van der Waals surface area contributed by atoms with Crippen LogP contribution in [0.1, 0.15) is 52.7 Å². The highest BCUT2D eigenvalue weighted by Gasteiger charge is 2.18. The standard InChI is InChI=1S/C15H24N4/c1-5-6-7-8-16-14-12-11-13(15(2,3)4)18-19(12)10-9-17-14/h9-11H,5-8H2,1-4H3,(H,16,17). The number of nitrogens with zero attached hydrogens (tertiary/aromatic N) is 3. The Hall–Kier alpha value is -1.58. The van der Waals surface area contributed by atoms with Gasteiger partial charge in [-0.25, -0.2) is 9.50 Å². The predicted molar refractivity (Wildman–Crippen MR) is 79.7 cm³/mol. The zero-order valence-electron chi connectivity index (χ0n) is 12.4. The van der Waals surface area contributed by atoms with E-state index in [9.17, 15) is 0 Å². The molecule has 0 saturated heterocycles. The van der Waals surface area contributed by atoms with Gasteiger partial charge in [-0.1, -0.05) is 40.5 Å². The van der Waals surface area contributed by atoms with Crippen molar-refractivity contribution < 1.29 is 0 Å². The normalized spacial score (nSPS) is 12.0. The molecule has 2 aromatic heterocycles. The summed E-state index contributed by atoms with van der Waals surface area (Å²) in [7, 11) is 0. The number of anilines is 1. The molecule has 0 aliphatic carbocycles. The molecule has 19 heavy (non-hydrogen) atoms. The van der Waals surface area contributed by atoms with E-state index >= 15 is 0 Å². The van der Waals surface area contributed by atoms with Gasteiger partial charge in [0.2, 0.25) is 0 Å². The minimum absolute atomic E-state index is 0.0610. The maximum atomic E-state index is 4.63. The molecule has 4 heteroatoms. The van der Waals surface area contributed by atoms with Gasteiger partial charge in [-0.3, -0.25) is 0 Å². The first-order valence-corrected chi connectivity index (χ1v) is 7.11. The van der Waals surface area contributed by atoms with E-state index in [1.54, 1.807) is 6.20 Å². The van der Waals surface area contributed by atoms with Gasteiger partial charge in [0, 0.05) is 24.4 Å². The van der Waals surface area contributed by atoms with Crippen molar-refractivity contribution in [1.82, 2.24) is 14.6 Å². The van der Waals surface area contributed by atoms with Crippen LogP contribution in [0, 0.1) is 0 Å². The van der Waals surface area contributed by atoms with Crippen LogP contribution in [-0.2, 0) is 5.41 Å². The first kappa shape index (κ1) is 13.8. The first-order chi connectivity index (χ1) is 9.02. The summed E-state index contributed by atoms with van der Waals surface area (Å²) in [6.45, 7) is 9.71. The molecule has 2 rings (SSSR count). The van der Waals surface area contributed by atoms with E-state index in [2.05, 4.69) is 49.2 Å². The number of rotatable bonds is 5. The quantitative estimate of drug-likeness (QED) is 0.835. The Balaban J connectivity index is 2.22. The summed E-state index contributed by atoms with van der Waals surface area (Å²) >= 11 is 0. The highest BCUT2D eigenvalue weighted by molar-refractivity contribution is 5.68. The molecule has 0 atom stereocenters. The molecule has 0 spiro atoms. The maximum Gasteiger partial charge on any atom is 0.152 e. The topological polar surface area (TPSA) is 42.2 Å². The Morgan fingerprint density at radius 2 is 2.05 bits per heavy atom. The lowest BCUT2D eigenvalue weighted by Crippen LogP contribution is -2.11. The number of nitrogens with one attached hydrogen (secondary N) is 1. The van der Waals surface area contributed by atoms with Gasteiger partial charge in [0.1, 0.15) is 5.52 Å². The second kappa shape index (κ2) is 5.59. The first-order valence-electron chi connectivity index (χ1n) is 7.11. The molecule has 0 bridgehead atoms. The largest absolute Gasteiger partial charge is 0.368 e. The van der Waals surface area contributed by atoms with E-state index in [4.69, 9.17) is 0 Å². The van der Waals surface area contributed by atoms with Gasteiger partial charge in [-0.15, -0.1) is 0 Å². The summed E-state index contributed by atoms with van der Waals surface area (Å²) in [5, 5.41) is 8.04. The summed E-state index contributed by atoms with van der Waals surface area (Å²) in [6, 6.07) is 2.13. The van der Waals surface area contributed by atoms with Crippen molar-refractivity contribution in [3.8, 4) is 0 Å². The number of hydrogen-bond donors (Lipinski definition) is 1. The van der Waals surface area contributed by atoms with Crippen LogP contribution in [-0.4, -0.2) is 21.1 Å². The molecule has 2 aromatic rings. The summed E-state index contributed by atoms with van der Waals surface area (Å²) in [5.41, 5.74) is 2.21. The van der Waals surface area contributed by atoms with E-state index < -0.39 is 0 Å². The lowest BCUT2D eigenvalue weighted by atomic mass is 9.92. The van der Waals surface area contributed by atoms with E-state index in [1.165, 1.54) is 19.3 Å². The van der Waals surface area contributed by atoms with Crippen molar-refractivity contribution in [3.63, 3.8) is 0 Å². The zero-order chi connectivity index (χ0) is 13.9. The van der Waals surface area contributed by atoms with Crippen LogP contribution in [0.2, 0.25) is 0 Å². The lowest BCUT2D eigenvalue weighted by Gasteiger charge is -2.13. The third kappa shape index (κ3) is 3.25. The molecular formula is C15H24N4. The zero-order valence-corrected chi connectivity index (χ0v) is 12.4. The second-order valence-corrected chi connectivity index (χ2v) is 6.02. The Morgan fingerprint density at radius 3 is 2.74 bits per heavy atom. The summed E-state index contributed by atoms with van der Waals surface area (Å²) in [5.74, 6) is 0.932. The number of hydrogen-bond acceptors (Lipinski definition) is 3. The second-order valence-electron chi connectivity index (χ2n) is 6.02. The van der Waals surface area contributed by atoms with Crippen LogP contribution >= 0.6 is 0 Å². The predicted octanol–water partition coefficient (Wildman–Crippen LogP) is 3.63. The molecule has 0 saturated carbocycles. The van der Waals surface area contributed by atoms with E-state index in [1.807, 2.05) is 10.7 Å². The third-order valence-corrected chi connectivity index (χ3v) is 3.23. The lowest BCUT2D eigenvalue weighted by molar-refractivity contribution is 0.562. The van der Waals surface area contributed by atoms with Gasteiger partial charge >= 0.3 is 0 Å². The molecule has 1 N–H and O–H groups in total. The van der Waals surface area contributed by atoms with Crippen molar-refractivity contribution in [2.75, 3.05) is 11.9 Å². The van der Waals surface area contributed by atoms with Crippen molar-refractivity contribution in [1.29, 1.82) is 0 Å². The molecule has 4 nitrogen and oxygen atoms in total. The minimum Gasteiger partial charge on any atom is -0.368 e. The van der Waals surface area contributed by atoms with E-state index in [-0.39, 0.29) is 5.41 Å². The Kier molecular flexibility index (Phi) is 4.08. The van der Waals surface area contributed by atoms with Crippen molar-refractivity contribution in [3.05, 3.63) is 24.2 Å². The van der Waals surface area contributed by atoms with Gasteiger partial charge in [0.15, 0.2) is 5.82 Å². The molecule has 0 fully saturated rings. The fourth-order valence-electron chi connectivity index (χ4n) is 2.01. The van der Waals surface area contributed by atoms with Gasteiger partial charge in [-0.05, 0) is 12.5 Å². The molecule has 2 heterocycles. The third-order valence-electron chi connectivity index (χ3n) is 3.23. The summed E-state index contributed by atoms with van der Waals surface area (Å²) in [6.07, 6.45) is 7.37. The molecule has 0 aliphatic heterocycles. The molecule has 0 aromatic carbocycles. The smallest absolute Gasteiger partial charge is 0.152 e. The minimum atomic E-state index is 0.0610. The van der Waals surface area contributed by atoms with Crippen molar-refractivity contribution >= 4 is 11.3 Å². The summed E-state index contributed by atoms with van der Waals surface area (Å²) in [4.78, 5) is 4.43. The SMILES string of the molecule is CCCCCNc1nccn2nc(C(C)(C)C)cc12. The molecule has 0 unspecified atom stereocenters. The van der Waals surface area contributed by atoms with E-state index in [0.29, 0.717) is 0 Å². The Labute approximate surface area is 115 Å². The average molecular weight is 260 g/mol. The van der Waals surface area contributed by atoms with Crippen LogP contribution in [0.3, 0.4) is 0 Å². The van der Waals surface area contributed by atoms with Crippen LogP contribution < -0.4 is 5.32 Å². The Bertz CT molecular complexity index is 537. The van der Waals surface area contributed by atoms with Gasteiger partial charge in [-0.2, -0.15) is 5.10 Å². The average Bonchev–Trinajstić information content (AvgIpc) is 2.79. The van der Waals surface area contributed by atoms with Crippen molar-refractivity contribution in [2.24, 2.45) is 0 Å². The highest BCUT2D eigenvalue weighted by atomic mass is 15.2. The van der Waals surface area contributed by atoms with Gasteiger partial charge in [0.25, 0.3) is 0 Å². The van der Waals surface area contributed by atoms with Crippen LogP contribution in [0.5, 0.6) is 0 Å². The number of unbranched alkanes of at least 4 members (excludes halogenated alkanes) is 2. The molecule has 0 aliphatic rings. The number of fused-ring (bicyclic) bond motifs is 1. The fourth-order valence-corrected chi connectivity index (χ4v) is 2.01. The Morgan fingerprint density at radius 1 is 1.26 bits per heavy atom. The molecular weight excluding hydrogens is 236 g/mol. The summed E-state index contributed by atoms with van der Waals surface area (Å²) < 4.78 is 1.91. The van der Waals surface area contributed by atoms with Crippen LogP contribution in [0.15, 0.2) is 18.5 Å². The number of aromatic nitrogens is 3. The van der Waals surface area contributed by atoms with E-state index in [0.717, 1.165) is 23.6 Å². The molecule has 104 valence electrons. The van der Waals surface area contributed by atoms with Crippen LogP contribution in [0.4, 0.5) is 5.82 Å². The maximum absolute atomic E-state index is 4.63. The molecule has 0 radical (unpaired) electrons.